The van der Waals surface area contributed by atoms with Gasteiger partial charge in [-0.05, 0) is 30.3 Å². The Bertz CT molecular complexity index is 825. The van der Waals surface area contributed by atoms with Crippen LogP contribution in [0.15, 0.2) is 47.5 Å². The molecule has 3 rings (SSSR count). The first-order valence-corrected chi connectivity index (χ1v) is 6.87. The lowest BCUT2D eigenvalue weighted by molar-refractivity contribution is 0.475. The highest BCUT2D eigenvalue weighted by Gasteiger charge is 2.06. The number of benzene rings is 2. The topological polar surface area (TPSA) is 87.3 Å². The van der Waals surface area contributed by atoms with Gasteiger partial charge < -0.3 is 15.8 Å². The fraction of sp³-hybridized carbons (Fsp3) is 0.0667. The first-order chi connectivity index (χ1) is 10.2. The van der Waals surface area contributed by atoms with Crippen molar-refractivity contribution in [2.24, 2.45) is 10.7 Å². The molecular formula is C15H13ClN4O. The molecule has 0 atom stereocenters. The van der Waals surface area contributed by atoms with E-state index in [9.17, 15) is 5.11 Å². The normalized spacial score (nSPS) is 12.0. The van der Waals surface area contributed by atoms with Crippen LogP contribution in [0.4, 0.5) is 5.69 Å². The van der Waals surface area contributed by atoms with Gasteiger partial charge in [0, 0.05) is 5.56 Å². The third-order valence-corrected chi connectivity index (χ3v) is 3.27. The lowest BCUT2D eigenvalue weighted by atomic mass is 10.2. The fourth-order valence-electron chi connectivity index (χ4n) is 2.05. The van der Waals surface area contributed by atoms with Gasteiger partial charge in [0.25, 0.3) is 0 Å². The molecule has 106 valence electrons. The van der Waals surface area contributed by atoms with Gasteiger partial charge in [-0.2, -0.15) is 0 Å². The van der Waals surface area contributed by atoms with Gasteiger partial charge in [-0.15, -0.1) is 11.6 Å². The number of nitrogens with zero attached hydrogens (tertiary/aromatic N) is 2. The number of fused-ring (bicyclic) bond motifs is 1. The lowest BCUT2D eigenvalue weighted by Gasteiger charge is -1.96. The molecule has 0 spiro atoms. The maximum Gasteiger partial charge on any atom is 0.138 e. The average Bonchev–Trinajstić information content (AvgIpc) is 2.90. The number of aliphatic imine (C=N–C) groups is 1. The smallest absolute Gasteiger partial charge is 0.138 e. The Balaban J connectivity index is 2.04. The molecule has 0 saturated carbocycles. The molecular weight excluding hydrogens is 288 g/mol. The molecule has 2 aromatic carbocycles. The fourth-order valence-corrected chi connectivity index (χ4v) is 2.11. The van der Waals surface area contributed by atoms with Crippen molar-refractivity contribution in [1.29, 1.82) is 0 Å². The number of aromatic hydroxyl groups is 1. The minimum Gasteiger partial charge on any atom is -0.508 e. The Morgan fingerprint density at radius 3 is 2.90 bits per heavy atom. The highest BCUT2D eigenvalue weighted by Crippen LogP contribution is 2.25. The molecule has 4 N–H and O–H groups in total. The predicted molar refractivity (Wildman–Crippen MR) is 85.2 cm³/mol. The average molecular weight is 301 g/mol. The first-order valence-electron chi connectivity index (χ1n) is 6.34. The Morgan fingerprint density at radius 2 is 2.14 bits per heavy atom. The molecule has 3 aromatic rings. The number of H-pyrrole nitrogens is 1. The number of halogens is 1. The molecule has 0 unspecified atom stereocenters. The van der Waals surface area contributed by atoms with Crippen LogP contribution in [0.25, 0.3) is 22.4 Å². The Morgan fingerprint density at radius 1 is 1.29 bits per heavy atom. The van der Waals surface area contributed by atoms with Crippen molar-refractivity contribution in [1.82, 2.24) is 9.97 Å². The van der Waals surface area contributed by atoms with Crippen LogP contribution in [0.3, 0.4) is 0 Å². The summed E-state index contributed by atoms with van der Waals surface area (Å²) in [7, 11) is 0. The number of phenols is 1. The molecule has 0 radical (unpaired) electrons. The second-order valence-corrected chi connectivity index (χ2v) is 4.84. The van der Waals surface area contributed by atoms with Crippen molar-refractivity contribution in [3.8, 4) is 17.1 Å². The number of imidazole rings is 1. The molecule has 0 aliphatic rings. The van der Waals surface area contributed by atoms with Gasteiger partial charge in [0.2, 0.25) is 0 Å². The number of nitrogens with one attached hydrogen (secondary N) is 1. The number of hydrogen-bond donors (Lipinski definition) is 3. The van der Waals surface area contributed by atoms with Gasteiger partial charge in [0.15, 0.2) is 0 Å². The van der Waals surface area contributed by atoms with E-state index in [2.05, 4.69) is 15.0 Å². The van der Waals surface area contributed by atoms with Crippen LogP contribution >= 0.6 is 11.6 Å². The van der Waals surface area contributed by atoms with Gasteiger partial charge >= 0.3 is 0 Å². The van der Waals surface area contributed by atoms with E-state index >= 15 is 0 Å². The summed E-state index contributed by atoms with van der Waals surface area (Å²) in [4.78, 5) is 11.9. The maximum absolute atomic E-state index is 9.53. The summed E-state index contributed by atoms with van der Waals surface area (Å²) in [6, 6.07) is 12.5. The minimum absolute atomic E-state index is 0.190. The van der Waals surface area contributed by atoms with Gasteiger partial charge in [-0.25, -0.2) is 9.98 Å². The van der Waals surface area contributed by atoms with Crippen LogP contribution in [-0.2, 0) is 0 Å². The molecule has 0 saturated heterocycles. The van der Waals surface area contributed by atoms with E-state index in [1.165, 1.54) is 0 Å². The van der Waals surface area contributed by atoms with Gasteiger partial charge in [-0.1, -0.05) is 12.1 Å². The van der Waals surface area contributed by atoms with Crippen molar-refractivity contribution >= 4 is 34.2 Å². The summed E-state index contributed by atoms with van der Waals surface area (Å²) >= 11 is 5.62. The van der Waals surface area contributed by atoms with Crippen molar-refractivity contribution in [2.75, 3.05) is 5.88 Å². The minimum atomic E-state index is 0.190. The molecule has 0 fully saturated rings. The zero-order valence-electron chi connectivity index (χ0n) is 11.0. The Labute approximate surface area is 126 Å². The summed E-state index contributed by atoms with van der Waals surface area (Å²) < 4.78 is 0. The largest absolute Gasteiger partial charge is 0.508 e. The van der Waals surface area contributed by atoms with E-state index in [1.54, 1.807) is 18.2 Å². The number of hydrogen-bond acceptors (Lipinski definition) is 3. The maximum atomic E-state index is 9.53. The number of aromatic amines is 1. The second-order valence-electron chi connectivity index (χ2n) is 4.57. The molecule has 21 heavy (non-hydrogen) atoms. The van der Waals surface area contributed by atoms with Gasteiger partial charge in [-0.3, -0.25) is 0 Å². The van der Waals surface area contributed by atoms with Crippen molar-refractivity contribution in [2.45, 2.75) is 0 Å². The van der Waals surface area contributed by atoms with E-state index < -0.39 is 0 Å². The quantitative estimate of drug-likeness (QED) is 0.394. The summed E-state index contributed by atoms with van der Waals surface area (Å²) in [5.41, 5.74) is 8.82. The van der Waals surface area contributed by atoms with Gasteiger partial charge in [0.05, 0.1) is 22.6 Å². The monoisotopic (exact) mass is 300 g/mol. The van der Waals surface area contributed by atoms with Gasteiger partial charge in [0.1, 0.15) is 17.4 Å². The van der Waals surface area contributed by atoms with E-state index in [1.807, 2.05) is 24.3 Å². The molecule has 0 aliphatic heterocycles. The van der Waals surface area contributed by atoms with Crippen LogP contribution in [0.1, 0.15) is 0 Å². The number of alkyl halides is 1. The zero-order chi connectivity index (χ0) is 14.8. The van der Waals surface area contributed by atoms with Crippen molar-refractivity contribution < 1.29 is 5.11 Å². The molecule has 1 aromatic heterocycles. The molecule has 1 heterocycles. The standard InChI is InChI=1S/C15H13ClN4O/c16-8-14(17)18-10-4-5-12-13(7-10)20-15(19-12)9-2-1-3-11(21)6-9/h1-7,21H,8H2,(H2,17,18)(H,19,20). The van der Waals surface area contributed by atoms with E-state index in [0.29, 0.717) is 17.3 Å². The third-order valence-electron chi connectivity index (χ3n) is 2.99. The number of phenolic OH excluding ortho intramolecular Hbond substituents is 1. The Kier molecular flexibility index (Phi) is 3.50. The van der Waals surface area contributed by atoms with Crippen molar-refractivity contribution in [3.63, 3.8) is 0 Å². The number of aromatic nitrogens is 2. The molecule has 0 bridgehead atoms. The lowest BCUT2D eigenvalue weighted by Crippen LogP contribution is -2.12. The second kappa shape index (κ2) is 5.46. The van der Waals surface area contributed by atoms with Crippen LogP contribution in [-0.4, -0.2) is 26.8 Å². The highest BCUT2D eigenvalue weighted by molar-refractivity contribution is 6.28. The molecule has 5 nitrogen and oxygen atoms in total. The first kappa shape index (κ1) is 13.5. The summed E-state index contributed by atoms with van der Waals surface area (Å²) in [6.07, 6.45) is 0. The molecule has 6 heteroatoms. The predicted octanol–water partition coefficient (Wildman–Crippen LogP) is 3.16. The summed E-state index contributed by atoms with van der Waals surface area (Å²) in [6.45, 7) is 0. The van der Waals surface area contributed by atoms with Crippen molar-refractivity contribution in [3.05, 3.63) is 42.5 Å². The Hall–Kier alpha value is -2.53. The van der Waals surface area contributed by atoms with Crippen LogP contribution in [0, 0.1) is 0 Å². The highest BCUT2D eigenvalue weighted by atomic mass is 35.5. The van der Waals surface area contributed by atoms with E-state index in [-0.39, 0.29) is 11.6 Å². The van der Waals surface area contributed by atoms with E-state index in [0.717, 1.165) is 16.6 Å². The van der Waals surface area contributed by atoms with Crippen LogP contribution in [0.5, 0.6) is 5.75 Å². The molecule has 0 aliphatic carbocycles. The number of nitrogens with two attached hydrogens (primary N) is 1. The van der Waals surface area contributed by atoms with E-state index in [4.69, 9.17) is 17.3 Å². The number of rotatable bonds is 3. The SMILES string of the molecule is NC(CCl)=Nc1ccc2nc(-c3cccc(O)c3)[nH]c2c1. The molecule has 0 amide bonds. The summed E-state index contributed by atoms with van der Waals surface area (Å²) in [5.74, 6) is 1.44. The number of amidine groups is 1. The van der Waals surface area contributed by atoms with Crippen LogP contribution in [0.2, 0.25) is 0 Å². The third kappa shape index (κ3) is 2.83. The summed E-state index contributed by atoms with van der Waals surface area (Å²) in [5, 5.41) is 9.53. The zero-order valence-corrected chi connectivity index (χ0v) is 11.8. The van der Waals surface area contributed by atoms with Crippen LogP contribution < -0.4 is 5.73 Å².